The van der Waals surface area contributed by atoms with Crippen molar-refractivity contribution in [1.29, 1.82) is 0 Å². The number of Topliss-reactive ketones (excluding diaryl/α,β-unsaturated/α-hetero) is 1. The Morgan fingerprint density at radius 1 is 1.44 bits per heavy atom. The predicted octanol–water partition coefficient (Wildman–Crippen LogP) is 3.12. The second-order valence-corrected chi connectivity index (χ2v) is 4.61. The van der Waals surface area contributed by atoms with E-state index in [-0.39, 0.29) is 0 Å². The molecular weight excluding hydrogens is 319 g/mol. The molecule has 3 nitrogen and oxygen atoms in total. The van der Waals surface area contributed by atoms with Gasteiger partial charge in [-0.15, -0.1) is 11.6 Å². The van der Waals surface area contributed by atoms with Crippen LogP contribution in [0.5, 0.6) is 0 Å². The second kappa shape index (κ2) is 5.66. The lowest BCUT2D eigenvalue weighted by molar-refractivity contribution is -0.151. The van der Waals surface area contributed by atoms with E-state index in [0.29, 0.717) is 15.1 Å². The number of methoxy groups -OCH3 is 1. The van der Waals surface area contributed by atoms with Crippen molar-refractivity contribution in [3.05, 3.63) is 33.3 Å². The highest BCUT2D eigenvalue weighted by molar-refractivity contribution is 9.10. The van der Waals surface area contributed by atoms with Gasteiger partial charge in [0, 0.05) is 9.50 Å². The minimum absolute atomic E-state index is 0.474. The maximum absolute atomic E-state index is 11.5. The lowest BCUT2D eigenvalue weighted by Gasteiger charge is -2.09. The Hall–Kier alpha value is -0.580. The van der Waals surface area contributed by atoms with Gasteiger partial charge in [0.25, 0.3) is 5.78 Å². The molecule has 1 aromatic rings. The van der Waals surface area contributed by atoms with E-state index >= 15 is 0 Å². The summed E-state index contributed by atoms with van der Waals surface area (Å²) in [6.07, 6.45) is 0. The molecule has 0 aromatic heterocycles. The van der Waals surface area contributed by atoms with Crippen LogP contribution in [0.15, 0.2) is 22.7 Å². The standard InChI is InChI=1S/C10H7BrCl2O3/c1-16-10(15)9(14)8(13)6-3-2-5(12)4-7(6)11/h2-4,8H,1H3. The van der Waals surface area contributed by atoms with Crippen molar-refractivity contribution in [2.24, 2.45) is 0 Å². The molecular formula is C10H7BrCl2O3. The smallest absolute Gasteiger partial charge is 0.376 e. The van der Waals surface area contributed by atoms with Crippen LogP contribution in [0.4, 0.5) is 0 Å². The van der Waals surface area contributed by atoms with E-state index in [9.17, 15) is 9.59 Å². The lowest BCUT2D eigenvalue weighted by atomic mass is 10.1. The first kappa shape index (κ1) is 13.5. The van der Waals surface area contributed by atoms with Gasteiger partial charge in [0.15, 0.2) is 0 Å². The van der Waals surface area contributed by atoms with Gasteiger partial charge in [0.1, 0.15) is 5.38 Å². The zero-order valence-corrected chi connectivity index (χ0v) is 11.3. The number of esters is 1. The molecule has 0 spiro atoms. The summed E-state index contributed by atoms with van der Waals surface area (Å²) in [5.41, 5.74) is 0.474. The van der Waals surface area contributed by atoms with E-state index in [2.05, 4.69) is 20.7 Å². The monoisotopic (exact) mass is 324 g/mol. The van der Waals surface area contributed by atoms with Gasteiger partial charge >= 0.3 is 5.97 Å². The number of alkyl halides is 1. The summed E-state index contributed by atoms with van der Waals surface area (Å²) in [5, 5.41) is -0.580. The number of carbonyl (C=O) groups excluding carboxylic acids is 2. The molecule has 1 atom stereocenters. The molecule has 0 aliphatic heterocycles. The fraction of sp³-hybridized carbons (Fsp3) is 0.200. The zero-order valence-electron chi connectivity index (χ0n) is 8.17. The van der Waals surface area contributed by atoms with Gasteiger partial charge in [-0.25, -0.2) is 4.79 Å². The van der Waals surface area contributed by atoms with E-state index in [1.807, 2.05) is 0 Å². The Labute approximate surface area is 111 Å². The lowest BCUT2D eigenvalue weighted by Crippen LogP contribution is -2.20. The summed E-state index contributed by atoms with van der Waals surface area (Å²) in [7, 11) is 1.13. The van der Waals surface area contributed by atoms with E-state index in [1.54, 1.807) is 18.2 Å². The largest absolute Gasteiger partial charge is 0.463 e. The van der Waals surface area contributed by atoms with Gasteiger partial charge in [0.2, 0.25) is 0 Å². The molecule has 0 N–H and O–H groups in total. The molecule has 1 unspecified atom stereocenters. The third-order valence-corrected chi connectivity index (χ3v) is 3.21. The first-order valence-corrected chi connectivity index (χ1v) is 5.79. The van der Waals surface area contributed by atoms with Crippen LogP contribution in [0, 0.1) is 0 Å². The number of halogens is 3. The second-order valence-electron chi connectivity index (χ2n) is 2.88. The van der Waals surface area contributed by atoms with Crippen molar-refractivity contribution in [1.82, 2.24) is 0 Å². The zero-order chi connectivity index (χ0) is 12.3. The van der Waals surface area contributed by atoms with Crippen molar-refractivity contribution in [2.75, 3.05) is 7.11 Å². The maximum atomic E-state index is 11.5. The molecule has 0 radical (unpaired) electrons. The molecule has 1 aromatic carbocycles. The third-order valence-electron chi connectivity index (χ3n) is 1.85. The molecule has 16 heavy (non-hydrogen) atoms. The van der Waals surface area contributed by atoms with Gasteiger partial charge < -0.3 is 4.74 Å². The van der Waals surface area contributed by atoms with E-state index < -0.39 is 17.1 Å². The Balaban J connectivity index is 3.01. The summed E-state index contributed by atoms with van der Waals surface area (Å²) in [5.74, 6) is -1.78. The first-order chi connectivity index (χ1) is 7.47. The molecule has 0 aliphatic carbocycles. The maximum Gasteiger partial charge on any atom is 0.376 e. The molecule has 0 heterocycles. The summed E-state index contributed by atoms with van der Waals surface area (Å²) < 4.78 is 4.87. The van der Waals surface area contributed by atoms with Crippen LogP contribution in [0.1, 0.15) is 10.9 Å². The van der Waals surface area contributed by atoms with Crippen LogP contribution in [-0.4, -0.2) is 18.9 Å². The highest BCUT2D eigenvalue weighted by Gasteiger charge is 2.27. The first-order valence-electron chi connectivity index (χ1n) is 4.18. The summed E-state index contributed by atoms with van der Waals surface area (Å²) in [6.45, 7) is 0. The fourth-order valence-corrected chi connectivity index (χ4v) is 2.38. The van der Waals surface area contributed by atoms with Gasteiger partial charge in [-0.2, -0.15) is 0 Å². The van der Waals surface area contributed by atoms with Crippen molar-refractivity contribution < 1.29 is 14.3 Å². The molecule has 0 saturated heterocycles. The van der Waals surface area contributed by atoms with Crippen molar-refractivity contribution in [2.45, 2.75) is 5.38 Å². The Bertz CT molecular complexity index is 434. The number of carbonyl (C=O) groups is 2. The number of ether oxygens (including phenoxy) is 1. The van der Waals surface area contributed by atoms with Crippen LogP contribution in [0.2, 0.25) is 5.02 Å². The number of hydrogen-bond acceptors (Lipinski definition) is 3. The SMILES string of the molecule is COC(=O)C(=O)C(Cl)c1ccc(Cl)cc1Br. The molecule has 86 valence electrons. The van der Waals surface area contributed by atoms with Crippen LogP contribution >= 0.6 is 39.1 Å². The van der Waals surface area contributed by atoms with Gasteiger partial charge in [-0.3, -0.25) is 4.79 Å². The molecule has 0 bridgehead atoms. The normalized spacial score (nSPS) is 12.0. The van der Waals surface area contributed by atoms with E-state index in [1.165, 1.54) is 0 Å². The predicted molar refractivity (Wildman–Crippen MR) is 64.8 cm³/mol. The van der Waals surface area contributed by atoms with E-state index in [4.69, 9.17) is 23.2 Å². The summed E-state index contributed by atoms with van der Waals surface area (Å²) in [4.78, 5) is 22.5. The summed E-state index contributed by atoms with van der Waals surface area (Å²) in [6, 6.07) is 4.75. The van der Waals surface area contributed by atoms with Gasteiger partial charge in [-0.1, -0.05) is 33.6 Å². The molecule has 0 fully saturated rings. The van der Waals surface area contributed by atoms with Gasteiger partial charge in [-0.05, 0) is 17.7 Å². The molecule has 0 saturated carbocycles. The quantitative estimate of drug-likeness (QED) is 0.487. The molecule has 0 amide bonds. The number of hydrogen-bond donors (Lipinski definition) is 0. The van der Waals surface area contributed by atoms with Crippen molar-refractivity contribution in [3.63, 3.8) is 0 Å². The highest BCUT2D eigenvalue weighted by atomic mass is 79.9. The topological polar surface area (TPSA) is 43.4 Å². The molecule has 6 heteroatoms. The number of benzene rings is 1. The van der Waals surface area contributed by atoms with Crippen molar-refractivity contribution in [3.8, 4) is 0 Å². The third kappa shape index (κ3) is 2.97. The van der Waals surface area contributed by atoms with Crippen LogP contribution in [0.25, 0.3) is 0 Å². The molecule has 1 rings (SSSR count). The minimum atomic E-state index is -1.08. The fourth-order valence-electron chi connectivity index (χ4n) is 1.05. The number of ketones is 1. The van der Waals surface area contributed by atoms with E-state index in [0.717, 1.165) is 7.11 Å². The molecule has 0 aliphatic rings. The van der Waals surface area contributed by atoms with Crippen LogP contribution in [0.3, 0.4) is 0 Å². The Morgan fingerprint density at radius 3 is 2.56 bits per heavy atom. The minimum Gasteiger partial charge on any atom is -0.463 e. The van der Waals surface area contributed by atoms with Crippen LogP contribution in [-0.2, 0) is 14.3 Å². The average Bonchev–Trinajstić information content (AvgIpc) is 2.26. The average molecular weight is 326 g/mol. The van der Waals surface area contributed by atoms with Gasteiger partial charge in [0.05, 0.1) is 7.11 Å². The highest BCUT2D eigenvalue weighted by Crippen LogP contribution is 2.31. The summed E-state index contributed by atoms with van der Waals surface area (Å²) >= 11 is 14.8. The van der Waals surface area contributed by atoms with Crippen molar-refractivity contribution >= 4 is 50.9 Å². The Kier molecular flexibility index (Phi) is 4.77. The van der Waals surface area contributed by atoms with Crippen LogP contribution < -0.4 is 0 Å². The number of rotatable bonds is 3. The Morgan fingerprint density at radius 2 is 2.06 bits per heavy atom.